The monoisotopic (exact) mass is 261 g/mol. The molecule has 0 saturated heterocycles. The lowest BCUT2D eigenvalue weighted by atomic mass is 10.0. The van der Waals surface area contributed by atoms with Gasteiger partial charge in [0.25, 0.3) is 0 Å². The molecule has 0 amide bonds. The van der Waals surface area contributed by atoms with Gasteiger partial charge in [0.2, 0.25) is 0 Å². The lowest BCUT2D eigenvalue weighted by molar-refractivity contribution is 0.0680. The van der Waals surface area contributed by atoms with E-state index in [2.05, 4.69) is 4.98 Å². The molecule has 2 rings (SSSR count). The van der Waals surface area contributed by atoms with Gasteiger partial charge in [0.1, 0.15) is 5.82 Å². The molecule has 19 heavy (non-hydrogen) atoms. The van der Waals surface area contributed by atoms with Gasteiger partial charge >= 0.3 is 11.9 Å². The van der Waals surface area contributed by atoms with E-state index in [4.69, 9.17) is 10.2 Å². The van der Waals surface area contributed by atoms with E-state index in [-0.39, 0.29) is 16.8 Å². The number of nitrogens with zero attached hydrogens (tertiary/aromatic N) is 1. The van der Waals surface area contributed by atoms with E-state index in [9.17, 15) is 14.0 Å². The number of carboxylic acids is 2. The Balaban J connectivity index is 2.57. The van der Waals surface area contributed by atoms with E-state index in [1.54, 1.807) is 0 Å². The van der Waals surface area contributed by atoms with Crippen LogP contribution in [0.4, 0.5) is 4.39 Å². The van der Waals surface area contributed by atoms with Crippen LogP contribution in [0, 0.1) is 5.82 Å². The van der Waals surface area contributed by atoms with Crippen LogP contribution in [-0.2, 0) is 0 Å². The summed E-state index contributed by atoms with van der Waals surface area (Å²) in [5.41, 5.74) is -0.201. The van der Waals surface area contributed by atoms with Crippen molar-refractivity contribution >= 4 is 11.9 Å². The molecule has 2 aromatic rings. The zero-order valence-electron chi connectivity index (χ0n) is 9.50. The Morgan fingerprint density at radius 3 is 2.42 bits per heavy atom. The minimum absolute atomic E-state index is 0.218. The first kappa shape index (κ1) is 12.7. The molecular weight excluding hydrogens is 253 g/mol. The van der Waals surface area contributed by atoms with Crippen molar-refractivity contribution in [3.05, 3.63) is 53.6 Å². The maximum Gasteiger partial charge on any atom is 0.355 e. The van der Waals surface area contributed by atoms with Gasteiger partial charge in [0.05, 0.1) is 5.56 Å². The molecule has 0 bridgehead atoms. The lowest BCUT2D eigenvalue weighted by Gasteiger charge is -2.06. The van der Waals surface area contributed by atoms with Crippen LogP contribution < -0.4 is 0 Å². The SMILES string of the molecule is O=C(O)c1ccc(-c2cccnc2C(=O)O)cc1F. The summed E-state index contributed by atoms with van der Waals surface area (Å²) in [7, 11) is 0. The summed E-state index contributed by atoms with van der Waals surface area (Å²) >= 11 is 0. The number of halogens is 1. The summed E-state index contributed by atoms with van der Waals surface area (Å²) in [4.78, 5) is 25.4. The van der Waals surface area contributed by atoms with Crippen LogP contribution in [-0.4, -0.2) is 27.1 Å². The highest BCUT2D eigenvalue weighted by molar-refractivity contribution is 5.94. The van der Waals surface area contributed by atoms with Gasteiger partial charge in [-0.15, -0.1) is 0 Å². The molecule has 6 heteroatoms. The third kappa shape index (κ3) is 2.42. The second-order valence-electron chi connectivity index (χ2n) is 3.70. The molecule has 0 radical (unpaired) electrons. The number of carboxylic acid groups (broad SMARTS) is 2. The standard InChI is InChI=1S/C13H8FNO4/c14-10-6-7(3-4-9(10)12(16)17)8-2-1-5-15-11(8)13(18)19/h1-6H,(H,16,17)(H,18,19). The third-order valence-corrected chi connectivity index (χ3v) is 2.52. The lowest BCUT2D eigenvalue weighted by Crippen LogP contribution is -2.04. The Morgan fingerprint density at radius 2 is 1.84 bits per heavy atom. The molecule has 2 N–H and O–H groups in total. The fourth-order valence-corrected chi connectivity index (χ4v) is 1.66. The maximum atomic E-state index is 13.6. The number of hydrogen-bond donors (Lipinski definition) is 2. The predicted molar refractivity (Wildman–Crippen MR) is 63.5 cm³/mol. The van der Waals surface area contributed by atoms with Crippen molar-refractivity contribution in [3.8, 4) is 11.1 Å². The van der Waals surface area contributed by atoms with Crippen LogP contribution >= 0.6 is 0 Å². The summed E-state index contributed by atoms with van der Waals surface area (Å²) < 4.78 is 13.6. The van der Waals surface area contributed by atoms with Gasteiger partial charge < -0.3 is 10.2 Å². The van der Waals surface area contributed by atoms with Crippen molar-refractivity contribution < 1.29 is 24.2 Å². The number of pyridine rings is 1. The Morgan fingerprint density at radius 1 is 1.11 bits per heavy atom. The van der Waals surface area contributed by atoms with Crippen LogP contribution in [0.2, 0.25) is 0 Å². The molecule has 5 nitrogen and oxygen atoms in total. The van der Waals surface area contributed by atoms with Crippen LogP contribution in [0.5, 0.6) is 0 Å². The summed E-state index contributed by atoms with van der Waals surface area (Å²) in [5.74, 6) is -3.54. The molecule has 1 aromatic heterocycles. The summed E-state index contributed by atoms with van der Waals surface area (Å²) in [6.07, 6.45) is 1.31. The number of hydrogen-bond acceptors (Lipinski definition) is 3. The molecule has 0 unspecified atom stereocenters. The number of aromatic carboxylic acids is 2. The zero-order valence-corrected chi connectivity index (χ0v) is 9.50. The first-order chi connectivity index (χ1) is 9.00. The summed E-state index contributed by atoms with van der Waals surface area (Å²) in [6, 6.07) is 6.41. The van der Waals surface area contributed by atoms with Gasteiger partial charge in [-0.2, -0.15) is 0 Å². The number of benzene rings is 1. The fourth-order valence-electron chi connectivity index (χ4n) is 1.66. The molecule has 1 heterocycles. The molecule has 0 aliphatic heterocycles. The van der Waals surface area contributed by atoms with Crippen molar-refractivity contribution in [1.82, 2.24) is 4.98 Å². The summed E-state index contributed by atoms with van der Waals surface area (Å²) in [5, 5.41) is 17.7. The fraction of sp³-hybridized carbons (Fsp3) is 0. The van der Waals surface area contributed by atoms with Gasteiger partial charge in [0, 0.05) is 11.8 Å². The molecule has 1 aromatic carbocycles. The van der Waals surface area contributed by atoms with Gasteiger partial charge in [-0.25, -0.2) is 19.0 Å². The third-order valence-electron chi connectivity index (χ3n) is 2.52. The van der Waals surface area contributed by atoms with Crippen molar-refractivity contribution in [2.24, 2.45) is 0 Å². The Hall–Kier alpha value is -2.76. The smallest absolute Gasteiger partial charge is 0.355 e. The van der Waals surface area contributed by atoms with E-state index in [0.717, 1.165) is 12.1 Å². The average molecular weight is 261 g/mol. The van der Waals surface area contributed by atoms with Crippen molar-refractivity contribution in [1.29, 1.82) is 0 Å². The van der Waals surface area contributed by atoms with E-state index in [1.165, 1.54) is 24.4 Å². The maximum absolute atomic E-state index is 13.6. The molecule has 0 atom stereocenters. The van der Waals surface area contributed by atoms with Gasteiger partial charge in [-0.3, -0.25) is 0 Å². The summed E-state index contributed by atoms with van der Waals surface area (Å²) in [6.45, 7) is 0. The van der Waals surface area contributed by atoms with E-state index in [0.29, 0.717) is 0 Å². The van der Waals surface area contributed by atoms with E-state index >= 15 is 0 Å². The number of aromatic nitrogens is 1. The highest BCUT2D eigenvalue weighted by Crippen LogP contribution is 2.24. The van der Waals surface area contributed by atoms with Gasteiger partial charge in [0.15, 0.2) is 5.69 Å². The largest absolute Gasteiger partial charge is 0.478 e. The quantitative estimate of drug-likeness (QED) is 0.884. The Labute approximate surface area is 107 Å². The highest BCUT2D eigenvalue weighted by Gasteiger charge is 2.16. The van der Waals surface area contributed by atoms with Crippen LogP contribution in [0.25, 0.3) is 11.1 Å². The first-order valence-corrected chi connectivity index (χ1v) is 5.22. The molecule has 0 fully saturated rings. The molecule has 0 aliphatic rings. The molecule has 0 saturated carbocycles. The average Bonchev–Trinajstić information content (AvgIpc) is 2.38. The van der Waals surface area contributed by atoms with Crippen LogP contribution in [0.15, 0.2) is 36.5 Å². The van der Waals surface area contributed by atoms with E-state index < -0.39 is 23.3 Å². The van der Waals surface area contributed by atoms with Crippen LogP contribution in [0.1, 0.15) is 20.8 Å². The van der Waals surface area contributed by atoms with Gasteiger partial charge in [-0.05, 0) is 23.8 Å². The molecule has 0 spiro atoms. The topological polar surface area (TPSA) is 87.5 Å². The normalized spacial score (nSPS) is 10.2. The van der Waals surface area contributed by atoms with Gasteiger partial charge in [-0.1, -0.05) is 12.1 Å². The molecular formula is C13H8FNO4. The number of rotatable bonds is 3. The van der Waals surface area contributed by atoms with Crippen molar-refractivity contribution in [2.45, 2.75) is 0 Å². The first-order valence-electron chi connectivity index (χ1n) is 5.22. The molecule has 96 valence electrons. The van der Waals surface area contributed by atoms with Crippen molar-refractivity contribution in [2.75, 3.05) is 0 Å². The highest BCUT2D eigenvalue weighted by atomic mass is 19.1. The predicted octanol–water partition coefficient (Wildman–Crippen LogP) is 2.28. The minimum atomic E-state index is -1.38. The second-order valence-corrected chi connectivity index (χ2v) is 3.70. The molecule has 0 aliphatic carbocycles. The van der Waals surface area contributed by atoms with Crippen LogP contribution in [0.3, 0.4) is 0 Å². The van der Waals surface area contributed by atoms with Crippen molar-refractivity contribution in [3.63, 3.8) is 0 Å². The Kier molecular flexibility index (Phi) is 3.24. The second kappa shape index (κ2) is 4.85. The minimum Gasteiger partial charge on any atom is -0.478 e. The Bertz CT molecular complexity index is 669. The zero-order chi connectivity index (χ0) is 14.0. The van der Waals surface area contributed by atoms with E-state index in [1.807, 2.05) is 0 Å². The number of carbonyl (C=O) groups is 2.